The highest BCUT2D eigenvalue weighted by molar-refractivity contribution is 7.89. The third-order valence-electron chi connectivity index (χ3n) is 1.65. The first-order valence-corrected chi connectivity index (χ1v) is 6.50. The number of rotatable bonds is 4. The van der Waals surface area contributed by atoms with Crippen LogP contribution >= 0.6 is 23.2 Å². The molecule has 0 amide bonds. The van der Waals surface area contributed by atoms with Gasteiger partial charge in [-0.3, -0.25) is 0 Å². The molecule has 0 aliphatic rings. The van der Waals surface area contributed by atoms with Crippen LogP contribution in [0.2, 0.25) is 0 Å². The van der Waals surface area contributed by atoms with E-state index in [4.69, 9.17) is 33.1 Å². The van der Waals surface area contributed by atoms with Crippen LogP contribution in [0.1, 0.15) is 0 Å². The molecule has 0 heterocycles. The molecule has 1 rings (SSSR count). The summed E-state index contributed by atoms with van der Waals surface area (Å²) in [4.78, 5) is 0.0267. The van der Waals surface area contributed by atoms with Gasteiger partial charge in [0.05, 0.1) is 9.93 Å². The van der Waals surface area contributed by atoms with E-state index in [9.17, 15) is 8.42 Å². The van der Waals surface area contributed by atoms with Gasteiger partial charge in [0.1, 0.15) is 12.4 Å². The summed E-state index contributed by atoms with van der Waals surface area (Å²) in [7, 11) is -3.67. The smallest absolute Gasteiger partial charge is 0.238 e. The molecule has 0 unspecified atom stereocenters. The molecular weight excluding hydrogens is 273 g/mol. The van der Waals surface area contributed by atoms with Crippen molar-refractivity contribution in [2.24, 2.45) is 5.14 Å². The molecular formula is C9H9Cl2NO3S. The normalized spacial score (nSPS) is 12.6. The van der Waals surface area contributed by atoms with Crippen LogP contribution in [-0.4, -0.2) is 15.0 Å². The van der Waals surface area contributed by atoms with Gasteiger partial charge >= 0.3 is 0 Å². The number of sulfonamides is 1. The Bertz CT molecular complexity index is 482. The predicted octanol–water partition coefficient (Wildman–Crippen LogP) is 2.03. The molecule has 0 fully saturated rings. The fourth-order valence-electron chi connectivity index (χ4n) is 0.909. The molecule has 0 saturated heterocycles. The Morgan fingerprint density at radius 3 is 2.38 bits per heavy atom. The Balaban J connectivity index is 2.73. The Morgan fingerprint density at radius 2 is 1.94 bits per heavy atom. The standard InChI is InChI=1S/C9H9Cl2NO3S/c10-5-7(11)6-15-8-1-3-9(4-2-8)16(12,13)14/h1-5H,6H2,(H2,12,13,14)/b7-5-. The van der Waals surface area contributed by atoms with E-state index in [1.54, 1.807) is 0 Å². The van der Waals surface area contributed by atoms with Gasteiger partial charge in [-0.15, -0.1) is 0 Å². The van der Waals surface area contributed by atoms with Crippen molar-refractivity contribution in [2.45, 2.75) is 4.90 Å². The summed E-state index contributed by atoms with van der Waals surface area (Å²) in [6.45, 7) is 0.125. The fourth-order valence-corrected chi connectivity index (χ4v) is 1.54. The first-order valence-electron chi connectivity index (χ1n) is 4.14. The van der Waals surface area contributed by atoms with E-state index >= 15 is 0 Å². The van der Waals surface area contributed by atoms with Crippen LogP contribution in [-0.2, 0) is 10.0 Å². The molecule has 0 aliphatic heterocycles. The quantitative estimate of drug-likeness (QED) is 0.918. The van der Waals surface area contributed by atoms with Gasteiger partial charge in [-0.25, -0.2) is 13.6 Å². The third-order valence-corrected chi connectivity index (χ3v) is 3.17. The number of benzene rings is 1. The van der Waals surface area contributed by atoms with E-state index in [0.717, 1.165) is 0 Å². The van der Waals surface area contributed by atoms with Crippen LogP contribution in [0.25, 0.3) is 0 Å². The lowest BCUT2D eigenvalue weighted by Crippen LogP contribution is -2.11. The van der Waals surface area contributed by atoms with Crippen LogP contribution in [0.5, 0.6) is 5.75 Å². The Morgan fingerprint density at radius 1 is 1.38 bits per heavy atom. The Kier molecular flexibility index (Phi) is 4.61. The zero-order valence-corrected chi connectivity index (χ0v) is 10.4. The molecule has 0 bridgehead atoms. The largest absolute Gasteiger partial charge is 0.488 e. The van der Waals surface area contributed by atoms with Crippen molar-refractivity contribution in [2.75, 3.05) is 6.61 Å². The van der Waals surface area contributed by atoms with Crippen molar-refractivity contribution >= 4 is 33.2 Å². The highest BCUT2D eigenvalue weighted by Crippen LogP contribution is 2.16. The summed E-state index contributed by atoms with van der Waals surface area (Å²) in [5.74, 6) is 0.476. The van der Waals surface area contributed by atoms with E-state index < -0.39 is 10.0 Å². The van der Waals surface area contributed by atoms with Crippen molar-refractivity contribution < 1.29 is 13.2 Å². The molecule has 0 atom stereocenters. The van der Waals surface area contributed by atoms with Crippen LogP contribution < -0.4 is 9.88 Å². The highest BCUT2D eigenvalue weighted by Gasteiger charge is 2.06. The zero-order chi connectivity index (χ0) is 12.2. The maximum Gasteiger partial charge on any atom is 0.238 e. The lowest BCUT2D eigenvalue weighted by atomic mass is 10.3. The summed E-state index contributed by atoms with van der Waals surface area (Å²) in [5, 5.41) is 5.28. The minimum absolute atomic E-state index is 0.0267. The first-order chi connectivity index (χ1) is 7.43. The predicted molar refractivity (Wildman–Crippen MR) is 63.1 cm³/mol. The minimum atomic E-state index is -3.67. The van der Waals surface area contributed by atoms with Crippen molar-refractivity contribution in [1.82, 2.24) is 0 Å². The van der Waals surface area contributed by atoms with Crippen molar-refractivity contribution in [1.29, 1.82) is 0 Å². The van der Waals surface area contributed by atoms with E-state index in [-0.39, 0.29) is 11.5 Å². The van der Waals surface area contributed by atoms with Crippen LogP contribution in [0.4, 0.5) is 0 Å². The molecule has 4 nitrogen and oxygen atoms in total. The molecule has 0 radical (unpaired) electrons. The lowest BCUT2D eigenvalue weighted by molar-refractivity contribution is 0.359. The molecule has 0 spiro atoms. The molecule has 0 aromatic heterocycles. The number of hydrogen-bond acceptors (Lipinski definition) is 3. The van der Waals surface area contributed by atoms with Crippen LogP contribution in [0.15, 0.2) is 39.7 Å². The van der Waals surface area contributed by atoms with Crippen molar-refractivity contribution in [3.8, 4) is 5.75 Å². The molecule has 1 aromatic carbocycles. The molecule has 16 heavy (non-hydrogen) atoms. The van der Waals surface area contributed by atoms with Crippen LogP contribution in [0, 0.1) is 0 Å². The van der Waals surface area contributed by atoms with Gasteiger partial charge in [-0.2, -0.15) is 0 Å². The number of ether oxygens (including phenoxy) is 1. The number of primary sulfonamides is 1. The van der Waals surface area contributed by atoms with Crippen molar-refractivity contribution in [3.05, 3.63) is 34.8 Å². The van der Waals surface area contributed by atoms with Gasteiger partial charge in [0.15, 0.2) is 0 Å². The summed E-state index contributed by atoms with van der Waals surface area (Å²) >= 11 is 10.9. The highest BCUT2D eigenvalue weighted by atomic mass is 35.5. The average Bonchev–Trinajstić information content (AvgIpc) is 2.25. The van der Waals surface area contributed by atoms with Gasteiger partial charge in [-0.05, 0) is 24.3 Å². The molecule has 0 aliphatic carbocycles. The SMILES string of the molecule is NS(=O)(=O)c1ccc(OC/C(Cl)=C/Cl)cc1. The Hall–Kier alpha value is -0.750. The monoisotopic (exact) mass is 281 g/mol. The van der Waals surface area contributed by atoms with Gasteiger partial charge in [0.2, 0.25) is 10.0 Å². The second-order valence-electron chi connectivity index (χ2n) is 2.86. The van der Waals surface area contributed by atoms with Gasteiger partial charge in [-0.1, -0.05) is 23.2 Å². The first kappa shape index (κ1) is 13.3. The number of nitrogens with two attached hydrogens (primary N) is 1. The van der Waals surface area contributed by atoms with E-state index in [0.29, 0.717) is 10.8 Å². The molecule has 0 saturated carbocycles. The number of hydrogen-bond donors (Lipinski definition) is 1. The second kappa shape index (κ2) is 5.54. The second-order valence-corrected chi connectivity index (χ2v) is 5.13. The summed E-state index contributed by atoms with van der Waals surface area (Å²) in [6, 6.07) is 5.67. The average molecular weight is 282 g/mol. The maximum absolute atomic E-state index is 10.9. The Labute approximate surface area is 104 Å². The maximum atomic E-state index is 10.9. The fraction of sp³-hybridized carbons (Fsp3) is 0.111. The van der Waals surface area contributed by atoms with E-state index in [1.165, 1.54) is 29.8 Å². The van der Waals surface area contributed by atoms with E-state index in [2.05, 4.69) is 0 Å². The molecule has 7 heteroatoms. The molecule has 88 valence electrons. The van der Waals surface area contributed by atoms with Gasteiger partial charge in [0.25, 0.3) is 0 Å². The summed E-state index contributed by atoms with van der Waals surface area (Å²) < 4.78 is 27.1. The minimum Gasteiger partial charge on any atom is -0.488 e. The lowest BCUT2D eigenvalue weighted by Gasteiger charge is -2.05. The topological polar surface area (TPSA) is 69.4 Å². The summed E-state index contributed by atoms with van der Waals surface area (Å²) in [6.07, 6.45) is 0. The number of halogens is 2. The van der Waals surface area contributed by atoms with E-state index in [1.807, 2.05) is 0 Å². The van der Waals surface area contributed by atoms with Gasteiger partial charge < -0.3 is 4.74 Å². The van der Waals surface area contributed by atoms with Crippen molar-refractivity contribution in [3.63, 3.8) is 0 Å². The molecule has 2 N–H and O–H groups in total. The zero-order valence-electron chi connectivity index (χ0n) is 8.06. The van der Waals surface area contributed by atoms with Gasteiger partial charge in [0, 0.05) is 5.54 Å². The van der Waals surface area contributed by atoms with Crippen LogP contribution in [0.3, 0.4) is 0 Å². The molecule has 1 aromatic rings. The summed E-state index contributed by atoms with van der Waals surface area (Å²) in [5.41, 5.74) is 1.19. The third kappa shape index (κ3) is 4.02.